The second-order valence-corrected chi connectivity index (χ2v) is 20.9. The Morgan fingerprint density at radius 3 is 2.33 bits per heavy atom. The molecule has 6 nitrogen and oxygen atoms in total. The van der Waals surface area contributed by atoms with Gasteiger partial charge >= 0.3 is 6.03 Å². The highest BCUT2D eigenvalue weighted by atomic mass is 32.1. The van der Waals surface area contributed by atoms with Crippen molar-refractivity contribution in [2.75, 3.05) is 13.1 Å². The van der Waals surface area contributed by atoms with Gasteiger partial charge in [0.2, 0.25) is 5.78 Å². The number of urea groups is 1. The van der Waals surface area contributed by atoms with Gasteiger partial charge in [-0.25, -0.2) is 4.79 Å². The average molecular weight is 799 g/mol. The highest BCUT2D eigenvalue weighted by Gasteiger charge is 2.59. The Kier molecular flexibility index (Phi) is 10.7. The first-order valence-corrected chi connectivity index (χ1v) is 23.0. The summed E-state index contributed by atoms with van der Waals surface area (Å²) in [5.41, 5.74) is 3.23. The highest BCUT2D eigenvalue weighted by molar-refractivity contribution is 7.21. The van der Waals surface area contributed by atoms with Crippen LogP contribution < -0.4 is 5.32 Å². The van der Waals surface area contributed by atoms with Crippen LogP contribution in [0.25, 0.3) is 10.1 Å². The molecule has 4 aromatic rings. The van der Waals surface area contributed by atoms with Crippen LogP contribution in [0.5, 0.6) is 0 Å². The minimum absolute atomic E-state index is 0.00545. The molecule has 0 aliphatic heterocycles. The van der Waals surface area contributed by atoms with E-state index in [4.69, 9.17) is 0 Å². The van der Waals surface area contributed by atoms with Gasteiger partial charge in [0.1, 0.15) is 0 Å². The highest BCUT2D eigenvalue weighted by Crippen LogP contribution is 2.62. The summed E-state index contributed by atoms with van der Waals surface area (Å²) >= 11 is 1.53. The molecular formula is C51H62N2O4S. The molecule has 0 saturated heterocycles. The molecule has 1 aromatic heterocycles. The predicted molar refractivity (Wildman–Crippen MR) is 234 cm³/mol. The fourth-order valence-electron chi connectivity index (χ4n) is 12.9. The topological polar surface area (TPSA) is 89.9 Å². The molecule has 0 unspecified atom stereocenters. The number of aliphatic hydroxyl groups is 2. The maximum atomic E-state index is 14.8. The lowest BCUT2D eigenvalue weighted by molar-refractivity contribution is -0.0985. The molecule has 3 aromatic carbocycles. The van der Waals surface area contributed by atoms with Crippen LogP contribution in [-0.2, 0) is 6.42 Å². The van der Waals surface area contributed by atoms with Crippen molar-refractivity contribution in [3.8, 4) is 0 Å². The molecule has 5 atom stereocenters. The Hall–Kier alpha value is -3.78. The number of carbonyl (C=O) groups is 2. The fourth-order valence-corrected chi connectivity index (χ4v) is 13.9. The van der Waals surface area contributed by atoms with E-state index in [-0.39, 0.29) is 35.7 Å². The minimum Gasteiger partial charge on any atom is -0.393 e. The summed E-state index contributed by atoms with van der Waals surface area (Å²) in [6.07, 6.45) is 14.1. The van der Waals surface area contributed by atoms with Crippen molar-refractivity contribution in [2.24, 2.45) is 28.6 Å². The molecule has 7 aliphatic carbocycles. The number of hydrogen-bond acceptors (Lipinski definition) is 5. The van der Waals surface area contributed by atoms with Gasteiger partial charge < -0.3 is 20.4 Å². The van der Waals surface area contributed by atoms with Gasteiger partial charge in [-0.05, 0) is 167 Å². The summed E-state index contributed by atoms with van der Waals surface area (Å²) in [6.45, 7) is 7.40. The number of aliphatic hydroxyl groups excluding tert-OH is 1. The third kappa shape index (κ3) is 7.60. The molecule has 5 saturated carbocycles. The SMILES string of the molecule is CC1=CCC[C@@]2(C)[C@@H](CC[C@@]2(O)CN(CC23CC4CC(CC(C4)C2)C3)C(=O)N[C@H](C)c2ccccc2)c2ccc(cc2C(=O)c2cc3ccccc3s2)C[C@@H](O)CC1. The molecule has 0 radical (unpaired) electrons. The molecule has 6 bridgehead atoms. The van der Waals surface area contributed by atoms with E-state index in [0.717, 1.165) is 70.2 Å². The normalized spacial score (nSPS) is 32.4. The lowest BCUT2D eigenvalue weighted by Gasteiger charge is -2.58. The van der Waals surface area contributed by atoms with Crippen molar-refractivity contribution in [1.29, 1.82) is 0 Å². The molecule has 7 aliphatic rings. The molecule has 0 spiro atoms. The van der Waals surface area contributed by atoms with Crippen LogP contribution in [0.4, 0.5) is 4.79 Å². The van der Waals surface area contributed by atoms with Crippen molar-refractivity contribution in [3.05, 3.63) is 118 Å². The van der Waals surface area contributed by atoms with E-state index in [1.165, 1.54) is 55.4 Å². The van der Waals surface area contributed by atoms with Crippen molar-refractivity contribution < 1.29 is 19.8 Å². The first-order chi connectivity index (χ1) is 27.9. The van der Waals surface area contributed by atoms with E-state index in [0.29, 0.717) is 36.2 Å². The number of carbonyl (C=O) groups excluding carboxylic acids is 2. The van der Waals surface area contributed by atoms with Crippen LogP contribution >= 0.6 is 11.3 Å². The van der Waals surface area contributed by atoms with Crippen LogP contribution in [0, 0.1) is 28.6 Å². The molecular weight excluding hydrogens is 737 g/mol. The third-order valence-electron chi connectivity index (χ3n) is 15.6. The molecule has 2 amide bonds. The number of fused-ring (bicyclic) bond motifs is 9. The second kappa shape index (κ2) is 15.7. The number of allylic oxidation sites excluding steroid dienone is 2. The Labute approximate surface area is 349 Å². The van der Waals surface area contributed by atoms with E-state index in [1.807, 2.05) is 47.4 Å². The van der Waals surface area contributed by atoms with E-state index in [9.17, 15) is 19.8 Å². The maximum Gasteiger partial charge on any atom is 0.317 e. The van der Waals surface area contributed by atoms with E-state index < -0.39 is 17.1 Å². The van der Waals surface area contributed by atoms with Crippen LogP contribution in [0.15, 0.2) is 90.5 Å². The largest absolute Gasteiger partial charge is 0.393 e. The van der Waals surface area contributed by atoms with E-state index in [1.54, 1.807) is 0 Å². The average Bonchev–Trinajstić information content (AvgIpc) is 3.74. The molecule has 58 heavy (non-hydrogen) atoms. The molecule has 3 N–H and O–H groups in total. The first kappa shape index (κ1) is 39.7. The van der Waals surface area contributed by atoms with Crippen molar-refractivity contribution >= 4 is 33.2 Å². The van der Waals surface area contributed by atoms with Gasteiger partial charge in [-0.1, -0.05) is 79.2 Å². The minimum atomic E-state index is -1.18. The van der Waals surface area contributed by atoms with Crippen LogP contribution in [0.2, 0.25) is 0 Å². The van der Waals surface area contributed by atoms with Crippen molar-refractivity contribution in [2.45, 2.75) is 128 Å². The van der Waals surface area contributed by atoms with Crippen molar-refractivity contribution in [1.82, 2.24) is 10.2 Å². The molecule has 7 heteroatoms. The monoisotopic (exact) mass is 798 g/mol. The maximum absolute atomic E-state index is 14.8. The molecule has 5 fully saturated rings. The van der Waals surface area contributed by atoms with E-state index in [2.05, 4.69) is 68.6 Å². The zero-order valence-corrected chi connectivity index (χ0v) is 35.5. The van der Waals surface area contributed by atoms with Gasteiger partial charge in [-0.3, -0.25) is 4.79 Å². The third-order valence-corrected chi connectivity index (χ3v) is 16.8. The van der Waals surface area contributed by atoms with Gasteiger partial charge in [0.25, 0.3) is 0 Å². The van der Waals surface area contributed by atoms with Gasteiger partial charge in [0, 0.05) is 22.2 Å². The summed E-state index contributed by atoms with van der Waals surface area (Å²) in [5.74, 6) is 2.17. The number of thiophene rings is 1. The van der Waals surface area contributed by atoms with Gasteiger partial charge in [0.05, 0.1) is 29.2 Å². The quantitative estimate of drug-likeness (QED) is 0.122. The lowest BCUT2D eigenvalue weighted by Crippen LogP contribution is -2.59. The summed E-state index contributed by atoms with van der Waals surface area (Å²) < 4.78 is 1.09. The summed E-state index contributed by atoms with van der Waals surface area (Å²) in [4.78, 5) is 32.3. The number of hydrogen-bond donors (Lipinski definition) is 3. The van der Waals surface area contributed by atoms with Gasteiger partial charge in [0.15, 0.2) is 0 Å². The standard InChI is InChI=1S/C51H62N2O4S/c1-33-10-9-20-49(3)44(42-18-16-35(25-41(54)17-15-33)26-43(42)47(55)46-27-40-13-7-8-14-45(40)58-46)19-21-51(49,57)32-53(48(56)52-34(2)39-11-5-4-6-12-39)31-50-28-36-22-37(29-50)24-38(23-36)30-50/h4-8,10-14,16,18,26-27,34,36-38,41,44,54,57H,9,15,17,19-25,28-32H2,1-3H3,(H,52,56)/t34-,36?,37?,38?,41+,44+,49+,50?,51-/m1/s1. The van der Waals surface area contributed by atoms with Crippen LogP contribution in [0.3, 0.4) is 0 Å². The van der Waals surface area contributed by atoms with Gasteiger partial charge in [-0.2, -0.15) is 0 Å². The first-order valence-electron chi connectivity index (χ1n) is 22.2. The van der Waals surface area contributed by atoms with Gasteiger partial charge in [-0.15, -0.1) is 11.3 Å². The fraction of sp³-hybridized carbons (Fsp3) is 0.529. The zero-order valence-electron chi connectivity index (χ0n) is 34.7. The number of nitrogens with one attached hydrogen (secondary N) is 1. The second-order valence-electron chi connectivity index (χ2n) is 19.8. The summed E-state index contributed by atoms with van der Waals surface area (Å²) in [5, 5.41) is 29.0. The number of rotatable bonds is 8. The van der Waals surface area contributed by atoms with E-state index >= 15 is 0 Å². The Balaban J connectivity index is 1.09. The predicted octanol–water partition coefficient (Wildman–Crippen LogP) is 11.2. The van der Waals surface area contributed by atoms with Crippen molar-refractivity contribution in [3.63, 3.8) is 0 Å². The molecule has 1 heterocycles. The summed E-state index contributed by atoms with van der Waals surface area (Å²) in [7, 11) is 0. The lowest BCUT2D eigenvalue weighted by atomic mass is 9.49. The molecule has 11 rings (SSSR count). The Morgan fingerprint density at radius 2 is 1.60 bits per heavy atom. The number of nitrogens with zero attached hydrogens (tertiary/aromatic N) is 1. The smallest absolute Gasteiger partial charge is 0.317 e. The number of amides is 2. The number of ketones is 1. The van der Waals surface area contributed by atoms with Crippen LogP contribution in [-0.4, -0.2) is 51.7 Å². The summed E-state index contributed by atoms with van der Waals surface area (Å²) in [6, 6.07) is 26.4. The molecule has 306 valence electrons. The Bertz CT molecular complexity index is 2120. The zero-order chi connectivity index (χ0) is 40.2. The van der Waals surface area contributed by atoms with Crippen LogP contribution in [0.1, 0.15) is 142 Å². The number of benzene rings is 3. The Morgan fingerprint density at radius 1 is 0.897 bits per heavy atom.